The molecule has 0 unspecified atom stereocenters. The number of benzene rings is 1. The van der Waals surface area contributed by atoms with Crippen LogP contribution in [0, 0.1) is 5.92 Å². The minimum absolute atomic E-state index is 0.0146. The molecule has 0 spiro atoms. The molecular formula is C15H18N2O4. The van der Waals surface area contributed by atoms with E-state index >= 15 is 0 Å². The molecule has 1 fully saturated rings. The van der Waals surface area contributed by atoms with Gasteiger partial charge < -0.3 is 15.3 Å². The standard InChI is InChI=1S/C15H18N2O4/c1-17(15(21)10-6-7-10)12-5-3-2-4-11(12)14(20)16-9-8-13(18)19/h2-5,10H,6-9H2,1H3,(H,16,20)(H,18,19). The second kappa shape index (κ2) is 6.39. The summed E-state index contributed by atoms with van der Waals surface area (Å²) in [5.74, 6) is -1.26. The molecule has 0 saturated heterocycles. The quantitative estimate of drug-likeness (QED) is 0.826. The molecule has 2 rings (SSSR count). The van der Waals surface area contributed by atoms with Crippen LogP contribution in [-0.4, -0.2) is 36.5 Å². The highest BCUT2D eigenvalue weighted by Crippen LogP contribution is 2.33. The molecule has 1 saturated carbocycles. The van der Waals surface area contributed by atoms with Crippen LogP contribution in [0.2, 0.25) is 0 Å². The van der Waals surface area contributed by atoms with Gasteiger partial charge in [0.15, 0.2) is 0 Å². The van der Waals surface area contributed by atoms with Gasteiger partial charge in [-0.3, -0.25) is 14.4 Å². The van der Waals surface area contributed by atoms with Crippen LogP contribution >= 0.6 is 0 Å². The van der Waals surface area contributed by atoms with Gasteiger partial charge >= 0.3 is 5.97 Å². The maximum atomic E-state index is 12.1. The first kappa shape index (κ1) is 15.0. The first-order chi connectivity index (χ1) is 10.0. The van der Waals surface area contributed by atoms with Gasteiger partial charge in [0, 0.05) is 19.5 Å². The van der Waals surface area contributed by atoms with Crippen molar-refractivity contribution in [3.8, 4) is 0 Å². The Hall–Kier alpha value is -2.37. The molecule has 1 aliphatic rings. The fourth-order valence-electron chi connectivity index (χ4n) is 2.06. The summed E-state index contributed by atoms with van der Waals surface area (Å²) in [5.41, 5.74) is 0.918. The van der Waals surface area contributed by atoms with E-state index in [1.807, 2.05) is 0 Å². The van der Waals surface area contributed by atoms with Crippen LogP contribution in [0.1, 0.15) is 29.6 Å². The number of carboxylic acid groups (broad SMARTS) is 1. The summed E-state index contributed by atoms with van der Waals surface area (Å²) in [6.45, 7) is 0.0583. The van der Waals surface area contributed by atoms with E-state index in [0.29, 0.717) is 11.3 Å². The third kappa shape index (κ3) is 3.81. The largest absolute Gasteiger partial charge is 0.481 e. The van der Waals surface area contributed by atoms with E-state index in [0.717, 1.165) is 12.8 Å². The average Bonchev–Trinajstić information content (AvgIpc) is 3.30. The Morgan fingerprint density at radius 2 is 1.95 bits per heavy atom. The van der Waals surface area contributed by atoms with Gasteiger partial charge in [0.25, 0.3) is 5.91 Å². The molecule has 0 heterocycles. The second-order valence-electron chi connectivity index (χ2n) is 5.09. The van der Waals surface area contributed by atoms with Gasteiger partial charge in [-0.05, 0) is 25.0 Å². The molecule has 6 nitrogen and oxygen atoms in total. The van der Waals surface area contributed by atoms with Crippen LogP contribution in [-0.2, 0) is 9.59 Å². The van der Waals surface area contributed by atoms with Crippen molar-refractivity contribution >= 4 is 23.5 Å². The Morgan fingerprint density at radius 1 is 1.29 bits per heavy atom. The SMILES string of the molecule is CN(C(=O)C1CC1)c1ccccc1C(=O)NCCC(=O)O. The van der Waals surface area contributed by atoms with Crippen molar-refractivity contribution in [3.63, 3.8) is 0 Å². The Morgan fingerprint density at radius 3 is 2.57 bits per heavy atom. The van der Waals surface area contributed by atoms with E-state index in [-0.39, 0.29) is 30.7 Å². The molecule has 0 aliphatic heterocycles. The summed E-state index contributed by atoms with van der Waals surface area (Å²) >= 11 is 0. The minimum atomic E-state index is -0.968. The van der Waals surface area contributed by atoms with Crippen LogP contribution in [0.5, 0.6) is 0 Å². The second-order valence-corrected chi connectivity index (χ2v) is 5.09. The Labute approximate surface area is 122 Å². The number of hydrogen-bond donors (Lipinski definition) is 2. The smallest absolute Gasteiger partial charge is 0.305 e. The molecule has 2 N–H and O–H groups in total. The Bertz CT molecular complexity index is 567. The van der Waals surface area contributed by atoms with Crippen molar-refractivity contribution in [2.75, 3.05) is 18.5 Å². The highest BCUT2D eigenvalue weighted by atomic mass is 16.4. The van der Waals surface area contributed by atoms with Crippen molar-refractivity contribution in [1.82, 2.24) is 5.32 Å². The van der Waals surface area contributed by atoms with Crippen LogP contribution < -0.4 is 10.2 Å². The number of aliphatic carboxylic acids is 1. The predicted octanol–water partition coefficient (Wildman–Crippen LogP) is 1.26. The molecule has 21 heavy (non-hydrogen) atoms. The van der Waals surface area contributed by atoms with E-state index in [1.165, 1.54) is 4.90 Å². The van der Waals surface area contributed by atoms with Crippen LogP contribution in [0.15, 0.2) is 24.3 Å². The van der Waals surface area contributed by atoms with Gasteiger partial charge in [-0.1, -0.05) is 12.1 Å². The van der Waals surface area contributed by atoms with Crippen molar-refractivity contribution in [2.24, 2.45) is 5.92 Å². The third-order valence-electron chi connectivity index (χ3n) is 3.39. The molecule has 0 radical (unpaired) electrons. The first-order valence-electron chi connectivity index (χ1n) is 6.87. The number of nitrogens with zero attached hydrogens (tertiary/aromatic N) is 1. The van der Waals surface area contributed by atoms with E-state index in [2.05, 4.69) is 5.32 Å². The number of carboxylic acids is 1. The minimum Gasteiger partial charge on any atom is -0.481 e. The van der Waals surface area contributed by atoms with E-state index in [1.54, 1.807) is 31.3 Å². The Balaban J connectivity index is 2.10. The summed E-state index contributed by atoms with van der Waals surface area (Å²) in [4.78, 5) is 36.2. The predicted molar refractivity (Wildman–Crippen MR) is 77.2 cm³/mol. The summed E-state index contributed by atoms with van der Waals surface area (Å²) in [5, 5.41) is 11.1. The van der Waals surface area contributed by atoms with Gasteiger partial charge in [0.1, 0.15) is 0 Å². The number of carbonyl (C=O) groups excluding carboxylic acids is 2. The highest BCUT2D eigenvalue weighted by Gasteiger charge is 2.33. The van der Waals surface area contributed by atoms with Crippen molar-refractivity contribution in [2.45, 2.75) is 19.3 Å². The van der Waals surface area contributed by atoms with Crippen molar-refractivity contribution in [3.05, 3.63) is 29.8 Å². The molecule has 2 amide bonds. The van der Waals surface area contributed by atoms with Crippen LogP contribution in [0.25, 0.3) is 0 Å². The topological polar surface area (TPSA) is 86.7 Å². The number of hydrogen-bond acceptors (Lipinski definition) is 3. The molecular weight excluding hydrogens is 272 g/mol. The summed E-state index contributed by atoms with van der Waals surface area (Å²) in [6, 6.07) is 6.82. The zero-order valence-corrected chi connectivity index (χ0v) is 11.8. The zero-order valence-electron chi connectivity index (χ0n) is 11.8. The third-order valence-corrected chi connectivity index (χ3v) is 3.39. The molecule has 0 aromatic heterocycles. The monoisotopic (exact) mass is 290 g/mol. The number of carbonyl (C=O) groups is 3. The molecule has 0 bridgehead atoms. The fourth-order valence-corrected chi connectivity index (χ4v) is 2.06. The summed E-state index contributed by atoms with van der Waals surface area (Å²) in [6.07, 6.45) is 1.66. The number of nitrogens with one attached hydrogen (secondary N) is 1. The lowest BCUT2D eigenvalue weighted by molar-refractivity contribution is -0.136. The van der Waals surface area contributed by atoms with Crippen molar-refractivity contribution < 1.29 is 19.5 Å². The van der Waals surface area contributed by atoms with Gasteiger partial charge in [-0.25, -0.2) is 0 Å². The average molecular weight is 290 g/mol. The lowest BCUT2D eigenvalue weighted by Gasteiger charge is -2.20. The maximum Gasteiger partial charge on any atom is 0.305 e. The van der Waals surface area contributed by atoms with E-state index < -0.39 is 5.97 Å². The van der Waals surface area contributed by atoms with Gasteiger partial charge in [0.2, 0.25) is 5.91 Å². The summed E-state index contributed by atoms with van der Waals surface area (Å²) < 4.78 is 0. The van der Waals surface area contributed by atoms with E-state index in [9.17, 15) is 14.4 Å². The zero-order chi connectivity index (χ0) is 15.4. The number of para-hydroxylation sites is 1. The number of amides is 2. The fraction of sp³-hybridized carbons (Fsp3) is 0.400. The van der Waals surface area contributed by atoms with Gasteiger partial charge in [0.05, 0.1) is 17.7 Å². The Kier molecular flexibility index (Phi) is 4.57. The van der Waals surface area contributed by atoms with Gasteiger partial charge in [-0.2, -0.15) is 0 Å². The lowest BCUT2D eigenvalue weighted by atomic mass is 10.1. The van der Waals surface area contributed by atoms with Crippen molar-refractivity contribution in [1.29, 1.82) is 0 Å². The normalized spacial score (nSPS) is 13.6. The van der Waals surface area contributed by atoms with E-state index in [4.69, 9.17) is 5.11 Å². The molecule has 6 heteroatoms. The molecule has 1 aromatic rings. The number of rotatable bonds is 6. The van der Waals surface area contributed by atoms with Gasteiger partial charge in [-0.15, -0.1) is 0 Å². The van der Waals surface area contributed by atoms with Crippen LogP contribution in [0.4, 0.5) is 5.69 Å². The highest BCUT2D eigenvalue weighted by molar-refractivity contribution is 6.05. The lowest BCUT2D eigenvalue weighted by Crippen LogP contribution is -2.32. The first-order valence-corrected chi connectivity index (χ1v) is 6.87. The molecule has 112 valence electrons. The van der Waals surface area contributed by atoms with Crippen LogP contribution in [0.3, 0.4) is 0 Å². The maximum absolute atomic E-state index is 12.1. The molecule has 0 atom stereocenters. The molecule has 1 aromatic carbocycles. The number of anilines is 1. The summed E-state index contributed by atoms with van der Waals surface area (Å²) in [7, 11) is 1.66. The molecule has 1 aliphatic carbocycles.